The van der Waals surface area contributed by atoms with E-state index in [2.05, 4.69) is 4.99 Å². The zero-order valence-corrected chi connectivity index (χ0v) is 4.46. The lowest BCUT2D eigenvalue weighted by Crippen LogP contribution is -1.76. The van der Waals surface area contributed by atoms with Gasteiger partial charge in [-0.3, -0.25) is 0 Å². The Bertz CT molecular complexity index is 64.1. The highest BCUT2D eigenvalue weighted by molar-refractivity contribution is 5.58. The molecule has 0 radical (unpaired) electrons. The first-order valence-corrected chi connectivity index (χ1v) is 2.19. The van der Waals surface area contributed by atoms with Gasteiger partial charge < -0.3 is 10.7 Å². The first kappa shape index (κ1) is 6.21. The van der Waals surface area contributed by atoms with E-state index in [4.69, 9.17) is 5.73 Å². The fraction of sp³-hybridized carbons (Fsp3) is 0.400. The molecule has 0 aliphatic rings. The minimum absolute atomic E-state index is 0.840. The molecule has 0 saturated carbocycles. The number of hydrogen-bond acceptors (Lipinski definition) is 2. The van der Waals surface area contributed by atoms with E-state index >= 15 is 0 Å². The molecule has 0 aromatic rings. The van der Waals surface area contributed by atoms with Crippen molar-refractivity contribution in [3.05, 3.63) is 12.3 Å². The predicted molar refractivity (Wildman–Crippen MR) is 32.4 cm³/mol. The van der Waals surface area contributed by atoms with Crippen molar-refractivity contribution in [2.45, 2.75) is 6.42 Å². The first-order chi connectivity index (χ1) is 3.41. The van der Waals surface area contributed by atoms with Crippen LogP contribution in [0.2, 0.25) is 0 Å². The van der Waals surface area contributed by atoms with Gasteiger partial charge in [-0.25, -0.2) is 0 Å². The molecule has 0 bridgehead atoms. The predicted octanol–water partition coefficient (Wildman–Crippen LogP) is 0.550. The molecule has 0 aliphatic carbocycles. The molecule has 0 fully saturated rings. The van der Waals surface area contributed by atoms with Crippen LogP contribution in [-0.2, 0) is 0 Å². The largest absolute Gasteiger partial charge is 0.405 e. The summed E-state index contributed by atoms with van der Waals surface area (Å²) < 4.78 is 0. The third kappa shape index (κ3) is 5.21. The summed E-state index contributed by atoms with van der Waals surface area (Å²) in [5.41, 5.74) is 5.03. The molecule has 2 nitrogen and oxygen atoms in total. The van der Waals surface area contributed by atoms with E-state index < -0.39 is 0 Å². The van der Waals surface area contributed by atoms with Crippen molar-refractivity contribution in [2.24, 2.45) is 10.7 Å². The van der Waals surface area contributed by atoms with Crippen LogP contribution in [-0.4, -0.2) is 13.3 Å². The van der Waals surface area contributed by atoms with Crippen LogP contribution in [0.4, 0.5) is 0 Å². The lowest BCUT2D eigenvalue weighted by molar-refractivity contribution is 1.39. The molecule has 2 heteroatoms. The van der Waals surface area contributed by atoms with Crippen LogP contribution in [0.3, 0.4) is 0 Å². The highest BCUT2D eigenvalue weighted by atomic mass is 14.6. The van der Waals surface area contributed by atoms with Gasteiger partial charge in [-0.05, 0) is 6.20 Å². The van der Waals surface area contributed by atoms with Crippen molar-refractivity contribution in [1.29, 1.82) is 0 Å². The second-order valence-electron chi connectivity index (χ2n) is 1.10. The van der Waals surface area contributed by atoms with E-state index in [1.54, 1.807) is 13.3 Å². The van der Waals surface area contributed by atoms with Gasteiger partial charge in [0.15, 0.2) is 0 Å². The summed E-state index contributed by atoms with van der Waals surface area (Å²) >= 11 is 0. The quantitative estimate of drug-likeness (QED) is 0.503. The van der Waals surface area contributed by atoms with E-state index in [1.807, 2.05) is 6.08 Å². The second kappa shape index (κ2) is 5.21. The SMILES string of the molecule is CN=CC/C=C\N. The topological polar surface area (TPSA) is 38.4 Å². The van der Waals surface area contributed by atoms with Gasteiger partial charge in [-0.1, -0.05) is 6.08 Å². The minimum atomic E-state index is 0.840. The van der Waals surface area contributed by atoms with E-state index in [0.717, 1.165) is 6.42 Å². The molecule has 0 aliphatic heterocycles. The van der Waals surface area contributed by atoms with Gasteiger partial charge in [0.1, 0.15) is 0 Å². The summed E-state index contributed by atoms with van der Waals surface area (Å²) in [7, 11) is 1.74. The number of nitrogens with zero attached hydrogens (tertiary/aromatic N) is 1. The van der Waals surface area contributed by atoms with E-state index in [0.29, 0.717) is 0 Å². The van der Waals surface area contributed by atoms with Crippen LogP contribution in [0.25, 0.3) is 0 Å². The Morgan fingerprint density at radius 1 is 1.71 bits per heavy atom. The first-order valence-electron chi connectivity index (χ1n) is 2.19. The van der Waals surface area contributed by atoms with Crippen LogP contribution in [0.15, 0.2) is 17.3 Å². The Kier molecular flexibility index (Phi) is 4.62. The number of nitrogens with two attached hydrogens (primary N) is 1. The Morgan fingerprint density at radius 2 is 2.43 bits per heavy atom. The van der Waals surface area contributed by atoms with Gasteiger partial charge in [0.2, 0.25) is 0 Å². The number of allylic oxidation sites excluding steroid dienone is 1. The Labute approximate surface area is 43.7 Å². The van der Waals surface area contributed by atoms with Gasteiger partial charge in [-0.15, -0.1) is 0 Å². The molecule has 0 aromatic carbocycles. The van der Waals surface area contributed by atoms with Crippen LogP contribution < -0.4 is 5.73 Å². The van der Waals surface area contributed by atoms with Crippen molar-refractivity contribution in [3.8, 4) is 0 Å². The van der Waals surface area contributed by atoms with Crippen molar-refractivity contribution >= 4 is 6.21 Å². The van der Waals surface area contributed by atoms with E-state index in [9.17, 15) is 0 Å². The Morgan fingerprint density at radius 3 is 2.86 bits per heavy atom. The van der Waals surface area contributed by atoms with E-state index in [-0.39, 0.29) is 0 Å². The fourth-order valence-corrected chi connectivity index (χ4v) is 0.245. The zero-order valence-electron chi connectivity index (χ0n) is 4.46. The van der Waals surface area contributed by atoms with Gasteiger partial charge >= 0.3 is 0 Å². The molecular weight excluding hydrogens is 88.1 g/mol. The summed E-state index contributed by atoms with van der Waals surface area (Å²) in [6, 6.07) is 0. The van der Waals surface area contributed by atoms with Crippen molar-refractivity contribution in [1.82, 2.24) is 0 Å². The maximum Gasteiger partial charge on any atom is 0.0273 e. The standard InChI is InChI=1S/C5H10N2/c1-7-5-3-2-4-6/h2,4-5H,3,6H2,1H3/b4-2-,7-5?. The maximum atomic E-state index is 5.03. The molecular formula is C5H10N2. The van der Waals surface area contributed by atoms with E-state index in [1.165, 1.54) is 6.20 Å². The van der Waals surface area contributed by atoms with Gasteiger partial charge in [-0.2, -0.15) is 0 Å². The van der Waals surface area contributed by atoms with Crippen molar-refractivity contribution in [3.63, 3.8) is 0 Å². The van der Waals surface area contributed by atoms with Crippen LogP contribution in [0, 0.1) is 0 Å². The highest BCUT2D eigenvalue weighted by Gasteiger charge is 1.62. The zero-order chi connectivity index (χ0) is 5.54. The van der Waals surface area contributed by atoms with Crippen molar-refractivity contribution in [2.75, 3.05) is 7.05 Å². The third-order valence-corrected chi connectivity index (χ3v) is 0.560. The number of hydrogen-bond donors (Lipinski definition) is 1. The fourth-order valence-electron chi connectivity index (χ4n) is 0.245. The molecule has 7 heavy (non-hydrogen) atoms. The molecule has 40 valence electrons. The second-order valence-corrected chi connectivity index (χ2v) is 1.10. The molecule has 0 atom stereocenters. The molecule has 2 N–H and O–H groups in total. The summed E-state index contributed by atoms with van der Waals surface area (Å²) in [6.45, 7) is 0. The van der Waals surface area contributed by atoms with Crippen LogP contribution in [0.5, 0.6) is 0 Å². The summed E-state index contributed by atoms with van der Waals surface area (Å²) in [5, 5.41) is 0. The lowest BCUT2D eigenvalue weighted by Gasteiger charge is -1.73. The molecule has 0 amide bonds. The summed E-state index contributed by atoms with van der Waals surface area (Å²) in [4.78, 5) is 3.74. The smallest absolute Gasteiger partial charge is 0.0273 e. The van der Waals surface area contributed by atoms with Gasteiger partial charge in [0.25, 0.3) is 0 Å². The Hall–Kier alpha value is -0.790. The molecule has 0 rings (SSSR count). The summed E-state index contributed by atoms with van der Waals surface area (Å²) in [5.74, 6) is 0. The highest BCUT2D eigenvalue weighted by Crippen LogP contribution is 1.71. The molecule has 0 unspecified atom stereocenters. The maximum absolute atomic E-state index is 5.03. The van der Waals surface area contributed by atoms with Crippen molar-refractivity contribution < 1.29 is 0 Å². The molecule has 0 saturated heterocycles. The monoisotopic (exact) mass is 98.1 g/mol. The minimum Gasteiger partial charge on any atom is -0.405 e. The van der Waals surface area contributed by atoms with Gasteiger partial charge in [0.05, 0.1) is 0 Å². The number of aliphatic imine (C=N–C) groups is 1. The van der Waals surface area contributed by atoms with Crippen LogP contribution in [0.1, 0.15) is 6.42 Å². The molecule has 0 aromatic heterocycles. The van der Waals surface area contributed by atoms with Gasteiger partial charge in [0, 0.05) is 19.7 Å². The normalized spacial score (nSPS) is 11.6. The lowest BCUT2D eigenvalue weighted by atomic mass is 10.4. The third-order valence-electron chi connectivity index (χ3n) is 0.560. The number of rotatable bonds is 2. The summed E-state index contributed by atoms with van der Waals surface area (Å²) in [6.07, 6.45) is 5.99. The van der Waals surface area contributed by atoms with Crippen LogP contribution >= 0.6 is 0 Å². The Balaban J connectivity index is 2.98. The average molecular weight is 98.1 g/mol. The molecule has 0 spiro atoms. The average Bonchev–Trinajstić information content (AvgIpc) is 1.69. The molecule has 0 heterocycles.